The molecule has 70 valence electrons. The predicted octanol–water partition coefficient (Wildman–Crippen LogP) is 2.14. The molecule has 13 heavy (non-hydrogen) atoms. The van der Waals surface area contributed by atoms with Crippen LogP contribution in [0.15, 0.2) is 36.9 Å². The largest absolute Gasteiger partial charge is 0.508 e. The lowest BCUT2D eigenvalue weighted by molar-refractivity contribution is 0.471. The van der Waals surface area contributed by atoms with Crippen molar-refractivity contribution in [2.75, 3.05) is 0 Å². The Morgan fingerprint density at radius 3 is 2.46 bits per heavy atom. The Morgan fingerprint density at radius 1 is 1.46 bits per heavy atom. The van der Waals surface area contributed by atoms with Crippen LogP contribution in [0, 0.1) is 0 Å². The van der Waals surface area contributed by atoms with Gasteiger partial charge in [-0.3, -0.25) is 0 Å². The molecule has 0 fully saturated rings. The Kier molecular flexibility index (Phi) is 2.73. The van der Waals surface area contributed by atoms with E-state index in [4.69, 9.17) is 10.8 Å². The van der Waals surface area contributed by atoms with Gasteiger partial charge >= 0.3 is 0 Å². The summed E-state index contributed by atoms with van der Waals surface area (Å²) in [7, 11) is 0. The Morgan fingerprint density at radius 2 is 2.00 bits per heavy atom. The molecule has 1 aromatic carbocycles. The fourth-order valence-electron chi connectivity index (χ4n) is 1.26. The first-order valence-corrected chi connectivity index (χ1v) is 4.25. The lowest BCUT2D eigenvalue weighted by Crippen LogP contribution is -2.32. The van der Waals surface area contributed by atoms with Gasteiger partial charge in [0.05, 0.1) is 0 Å². The third kappa shape index (κ3) is 2.33. The lowest BCUT2D eigenvalue weighted by Gasteiger charge is -2.23. The minimum absolute atomic E-state index is 0.262. The van der Waals surface area contributed by atoms with Crippen LogP contribution in [0.25, 0.3) is 0 Å². The molecule has 3 N–H and O–H groups in total. The van der Waals surface area contributed by atoms with Crippen LogP contribution in [-0.2, 0) is 5.54 Å². The summed E-state index contributed by atoms with van der Waals surface area (Å²) < 4.78 is 0. The fourth-order valence-corrected chi connectivity index (χ4v) is 1.26. The maximum atomic E-state index is 9.09. The van der Waals surface area contributed by atoms with Crippen LogP contribution in [-0.4, -0.2) is 5.11 Å². The molecule has 0 heterocycles. The lowest BCUT2D eigenvalue weighted by atomic mass is 9.90. The highest BCUT2D eigenvalue weighted by atomic mass is 16.3. The van der Waals surface area contributed by atoms with Crippen LogP contribution >= 0.6 is 0 Å². The maximum Gasteiger partial charge on any atom is 0.115 e. The van der Waals surface area contributed by atoms with Crippen molar-refractivity contribution in [2.24, 2.45) is 5.73 Å². The summed E-state index contributed by atoms with van der Waals surface area (Å²) in [6.07, 6.45) is 2.52. The standard InChI is InChI=1S/C11H15NO/c1-3-8-11(2,12)9-4-6-10(13)7-5-9/h3-7,13H,1,8,12H2,2H3. The molecule has 2 nitrogen and oxygen atoms in total. The second-order valence-electron chi connectivity index (χ2n) is 3.46. The number of aromatic hydroxyl groups is 1. The molecule has 1 atom stereocenters. The van der Waals surface area contributed by atoms with E-state index in [1.165, 1.54) is 0 Å². The molecule has 1 aromatic rings. The van der Waals surface area contributed by atoms with E-state index < -0.39 is 5.54 Å². The number of phenols is 1. The van der Waals surface area contributed by atoms with Crippen LogP contribution in [0.5, 0.6) is 5.75 Å². The SMILES string of the molecule is C=CCC(C)(N)c1ccc(O)cc1. The number of rotatable bonds is 3. The van der Waals surface area contributed by atoms with Crippen molar-refractivity contribution in [2.45, 2.75) is 18.9 Å². The highest BCUT2D eigenvalue weighted by Gasteiger charge is 2.18. The van der Waals surface area contributed by atoms with Crippen LogP contribution in [0.2, 0.25) is 0 Å². The van der Waals surface area contributed by atoms with Crippen LogP contribution < -0.4 is 5.73 Å². The first kappa shape index (κ1) is 9.81. The molecule has 0 spiro atoms. The molecule has 0 amide bonds. The fraction of sp³-hybridized carbons (Fsp3) is 0.273. The zero-order valence-corrected chi connectivity index (χ0v) is 7.83. The Labute approximate surface area is 78.7 Å². The van der Waals surface area contributed by atoms with Gasteiger partial charge in [0, 0.05) is 5.54 Å². The quantitative estimate of drug-likeness (QED) is 0.695. The van der Waals surface area contributed by atoms with Crippen molar-refractivity contribution in [3.05, 3.63) is 42.5 Å². The number of nitrogens with two attached hydrogens (primary N) is 1. The van der Waals surface area contributed by atoms with E-state index >= 15 is 0 Å². The number of hydrogen-bond donors (Lipinski definition) is 2. The first-order valence-electron chi connectivity index (χ1n) is 4.25. The van der Waals surface area contributed by atoms with Crippen LogP contribution in [0.1, 0.15) is 18.9 Å². The number of benzene rings is 1. The zero-order valence-electron chi connectivity index (χ0n) is 7.83. The molecule has 0 bridgehead atoms. The van der Waals surface area contributed by atoms with E-state index in [1.54, 1.807) is 18.2 Å². The molecule has 0 saturated heterocycles. The van der Waals surface area contributed by atoms with Gasteiger partial charge in [-0.05, 0) is 31.0 Å². The van der Waals surface area contributed by atoms with Crippen molar-refractivity contribution >= 4 is 0 Å². The smallest absolute Gasteiger partial charge is 0.115 e. The topological polar surface area (TPSA) is 46.2 Å². The van der Waals surface area contributed by atoms with Crippen molar-refractivity contribution in [1.29, 1.82) is 0 Å². The average Bonchev–Trinajstić information content (AvgIpc) is 2.05. The second kappa shape index (κ2) is 3.62. The monoisotopic (exact) mass is 177 g/mol. The zero-order chi connectivity index (χ0) is 9.90. The summed E-state index contributed by atoms with van der Waals surface area (Å²) >= 11 is 0. The second-order valence-corrected chi connectivity index (χ2v) is 3.46. The predicted molar refractivity (Wildman–Crippen MR) is 54.5 cm³/mol. The van der Waals surface area contributed by atoms with E-state index in [0.29, 0.717) is 0 Å². The third-order valence-corrected chi connectivity index (χ3v) is 2.10. The molecule has 1 rings (SSSR count). The van der Waals surface area contributed by atoms with E-state index in [-0.39, 0.29) is 5.75 Å². The van der Waals surface area contributed by atoms with Gasteiger partial charge in [-0.15, -0.1) is 6.58 Å². The number of hydrogen-bond acceptors (Lipinski definition) is 2. The minimum atomic E-state index is -0.393. The summed E-state index contributed by atoms with van der Waals surface area (Å²) in [5.74, 6) is 0.262. The molecular formula is C11H15NO. The van der Waals surface area contributed by atoms with Crippen molar-refractivity contribution in [1.82, 2.24) is 0 Å². The summed E-state index contributed by atoms with van der Waals surface area (Å²) in [6.45, 7) is 5.61. The summed E-state index contributed by atoms with van der Waals surface area (Å²) in [6, 6.07) is 6.95. The highest BCUT2D eigenvalue weighted by molar-refractivity contribution is 5.30. The summed E-state index contributed by atoms with van der Waals surface area (Å²) in [4.78, 5) is 0. The maximum absolute atomic E-state index is 9.09. The molecule has 2 heteroatoms. The van der Waals surface area contributed by atoms with E-state index in [9.17, 15) is 0 Å². The highest BCUT2D eigenvalue weighted by Crippen LogP contribution is 2.23. The van der Waals surface area contributed by atoms with Crippen LogP contribution in [0.4, 0.5) is 0 Å². The average molecular weight is 177 g/mol. The first-order chi connectivity index (χ1) is 6.06. The van der Waals surface area contributed by atoms with Gasteiger partial charge in [0.15, 0.2) is 0 Å². The molecule has 0 aliphatic carbocycles. The van der Waals surface area contributed by atoms with Crippen molar-refractivity contribution in [3.63, 3.8) is 0 Å². The molecule has 0 aliphatic rings. The Bertz CT molecular complexity index is 287. The van der Waals surface area contributed by atoms with Gasteiger partial charge in [-0.1, -0.05) is 18.2 Å². The van der Waals surface area contributed by atoms with E-state index in [1.807, 2.05) is 19.1 Å². The van der Waals surface area contributed by atoms with E-state index in [2.05, 4.69) is 6.58 Å². The molecule has 0 aromatic heterocycles. The minimum Gasteiger partial charge on any atom is -0.508 e. The van der Waals surface area contributed by atoms with Crippen molar-refractivity contribution < 1.29 is 5.11 Å². The molecule has 1 unspecified atom stereocenters. The molecule has 0 aliphatic heterocycles. The van der Waals surface area contributed by atoms with Crippen molar-refractivity contribution in [3.8, 4) is 5.75 Å². The molecular weight excluding hydrogens is 162 g/mol. The van der Waals surface area contributed by atoms with Gasteiger partial charge in [-0.2, -0.15) is 0 Å². The van der Waals surface area contributed by atoms with Gasteiger partial charge in [0.2, 0.25) is 0 Å². The normalized spacial score (nSPS) is 14.9. The molecule has 0 radical (unpaired) electrons. The van der Waals surface area contributed by atoms with Gasteiger partial charge in [0.25, 0.3) is 0 Å². The van der Waals surface area contributed by atoms with Gasteiger partial charge in [0.1, 0.15) is 5.75 Å². The summed E-state index contributed by atoms with van der Waals surface area (Å²) in [5, 5.41) is 9.09. The van der Waals surface area contributed by atoms with Gasteiger partial charge in [-0.25, -0.2) is 0 Å². The molecule has 0 saturated carbocycles. The summed E-state index contributed by atoms with van der Waals surface area (Å²) in [5.41, 5.74) is 6.66. The van der Waals surface area contributed by atoms with E-state index in [0.717, 1.165) is 12.0 Å². The Hall–Kier alpha value is -1.28. The third-order valence-electron chi connectivity index (χ3n) is 2.10. The Balaban J connectivity index is 2.93. The number of phenolic OH excluding ortho intramolecular Hbond substituents is 1. The van der Waals surface area contributed by atoms with Gasteiger partial charge < -0.3 is 10.8 Å². The van der Waals surface area contributed by atoms with Crippen LogP contribution in [0.3, 0.4) is 0 Å².